The summed E-state index contributed by atoms with van der Waals surface area (Å²) >= 11 is 3.23. The molecule has 2 unspecified atom stereocenters. The SMILES string of the molecule is CCCCCCOc1ccc(S(=O)(=O)N[C@H](C(=O)N2C3CCC2CC(N)C3)C(F)(F)c2ccc(Br)cc2)cc1. The van der Waals surface area contributed by atoms with Crippen LogP contribution in [0.5, 0.6) is 5.75 Å². The average molecular weight is 629 g/mol. The Balaban J connectivity index is 1.58. The Morgan fingerprint density at radius 3 is 2.28 bits per heavy atom. The monoisotopic (exact) mass is 627 g/mol. The summed E-state index contributed by atoms with van der Waals surface area (Å²) in [6, 6.07) is 7.82. The summed E-state index contributed by atoms with van der Waals surface area (Å²) in [7, 11) is -4.48. The highest BCUT2D eigenvalue weighted by atomic mass is 79.9. The lowest BCUT2D eigenvalue weighted by Gasteiger charge is -2.41. The van der Waals surface area contributed by atoms with E-state index >= 15 is 8.78 Å². The van der Waals surface area contributed by atoms with Crippen LogP contribution in [0.1, 0.15) is 63.9 Å². The number of fused-ring (bicyclic) bond motifs is 2. The third-order valence-electron chi connectivity index (χ3n) is 7.54. The number of nitrogens with two attached hydrogens (primary N) is 1. The van der Waals surface area contributed by atoms with Gasteiger partial charge in [0.2, 0.25) is 15.9 Å². The molecule has 2 saturated heterocycles. The zero-order chi connectivity index (χ0) is 28.2. The fourth-order valence-corrected chi connectivity index (χ4v) is 6.96. The quantitative estimate of drug-likeness (QED) is 0.310. The summed E-state index contributed by atoms with van der Waals surface area (Å²) in [6.07, 6.45) is 6.48. The van der Waals surface area contributed by atoms with Gasteiger partial charge in [0.15, 0.2) is 6.04 Å². The molecule has 2 bridgehead atoms. The summed E-state index contributed by atoms with van der Waals surface area (Å²) in [6.45, 7) is 2.62. The highest BCUT2D eigenvalue weighted by Crippen LogP contribution is 2.40. The molecular formula is C28H36BrF2N3O4S. The number of benzene rings is 2. The van der Waals surface area contributed by atoms with Crippen molar-refractivity contribution >= 4 is 31.9 Å². The number of nitrogens with one attached hydrogen (secondary N) is 1. The molecule has 0 radical (unpaired) electrons. The van der Waals surface area contributed by atoms with Crippen LogP contribution in [0.2, 0.25) is 0 Å². The van der Waals surface area contributed by atoms with E-state index in [9.17, 15) is 13.2 Å². The first-order valence-electron chi connectivity index (χ1n) is 13.5. The van der Waals surface area contributed by atoms with Crippen molar-refractivity contribution in [2.24, 2.45) is 5.73 Å². The van der Waals surface area contributed by atoms with Gasteiger partial charge in [-0.25, -0.2) is 8.42 Å². The number of piperidine rings is 1. The minimum absolute atomic E-state index is 0.110. The molecule has 0 saturated carbocycles. The van der Waals surface area contributed by atoms with Gasteiger partial charge in [0.25, 0.3) is 5.92 Å². The minimum atomic E-state index is -4.48. The maximum absolute atomic E-state index is 16.0. The van der Waals surface area contributed by atoms with E-state index in [1.165, 1.54) is 53.4 Å². The van der Waals surface area contributed by atoms with Crippen molar-refractivity contribution in [1.29, 1.82) is 0 Å². The van der Waals surface area contributed by atoms with Crippen molar-refractivity contribution < 1.29 is 26.7 Å². The molecule has 2 fully saturated rings. The van der Waals surface area contributed by atoms with Crippen LogP contribution >= 0.6 is 15.9 Å². The van der Waals surface area contributed by atoms with Crippen molar-refractivity contribution in [2.45, 2.75) is 93.3 Å². The molecule has 0 spiro atoms. The van der Waals surface area contributed by atoms with E-state index in [1.54, 1.807) is 0 Å². The molecule has 2 aromatic rings. The Hall–Kier alpha value is -2.08. The van der Waals surface area contributed by atoms with Gasteiger partial charge < -0.3 is 15.4 Å². The molecule has 0 aromatic heterocycles. The van der Waals surface area contributed by atoms with E-state index in [2.05, 4.69) is 27.6 Å². The number of hydrogen-bond acceptors (Lipinski definition) is 5. The smallest absolute Gasteiger partial charge is 0.298 e. The van der Waals surface area contributed by atoms with Crippen LogP contribution in [0.25, 0.3) is 0 Å². The number of amides is 1. The summed E-state index contributed by atoms with van der Waals surface area (Å²) in [4.78, 5) is 15.0. The van der Waals surface area contributed by atoms with Crippen molar-refractivity contribution in [2.75, 3.05) is 6.61 Å². The predicted molar refractivity (Wildman–Crippen MR) is 149 cm³/mol. The van der Waals surface area contributed by atoms with Crippen LogP contribution < -0.4 is 15.2 Å². The van der Waals surface area contributed by atoms with Crippen LogP contribution in [0.4, 0.5) is 8.78 Å². The Morgan fingerprint density at radius 1 is 1.08 bits per heavy atom. The number of sulfonamides is 1. The lowest BCUT2D eigenvalue weighted by molar-refractivity contribution is -0.149. The maximum atomic E-state index is 16.0. The molecule has 2 aliphatic rings. The number of carbonyl (C=O) groups is 1. The van der Waals surface area contributed by atoms with E-state index in [0.717, 1.165) is 25.7 Å². The molecule has 39 heavy (non-hydrogen) atoms. The Morgan fingerprint density at radius 2 is 1.69 bits per heavy atom. The maximum Gasteiger partial charge on any atom is 0.298 e. The van der Waals surface area contributed by atoms with E-state index < -0.39 is 33.5 Å². The van der Waals surface area contributed by atoms with Crippen LogP contribution in [-0.2, 0) is 20.7 Å². The molecule has 2 aliphatic heterocycles. The number of ether oxygens (including phenoxy) is 1. The molecule has 7 nitrogen and oxygen atoms in total. The Labute approximate surface area is 237 Å². The molecule has 0 aliphatic carbocycles. The van der Waals surface area contributed by atoms with Gasteiger partial charge >= 0.3 is 0 Å². The Bertz CT molecular complexity index is 1210. The van der Waals surface area contributed by atoms with Crippen LogP contribution in [0, 0.1) is 0 Å². The van der Waals surface area contributed by atoms with Gasteiger partial charge in [0, 0.05) is 28.2 Å². The van der Waals surface area contributed by atoms with E-state index in [4.69, 9.17) is 10.5 Å². The van der Waals surface area contributed by atoms with Crippen molar-refractivity contribution in [3.63, 3.8) is 0 Å². The highest BCUT2D eigenvalue weighted by Gasteiger charge is 2.53. The molecule has 3 N–H and O–H groups in total. The molecule has 1 amide bonds. The van der Waals surface area contributed by atoms with Crippen molar-refractivity contribution in [3.05, 3.63) is 58.6 Å². The topological polar surface area (TPSA) is 102 Å². The minimum Gasteiger partial charge on any atom is -0.494 e. The van der Waals surface area contributed by atoms with Gasteiger partial charge in [-0.1, -0.05) is 54.2 Å². The van der Waals surface area contributed by atoms with E-state index in [-0.39, 0.29) is 23.0 Å². The van der Waals surface area contributed by atoms with Crippen LogP contribution in [-0.4, -0.2) is 50.0 Å². The third-order valence-corrected chi connectivity index (χ3v) is 9.50. The van der Waals surface area contributed by atoms with Gasteiger partial charge in [-0.3, -0.25) is 4.79 Å². The van der Waals surface area contributed by atoms with Gasteiger partial charge in [-0.2, -0.15) is 13.5 Å². The fraction of sp³-hybridized carbons (Fsp3) is 0.536. The van der Waals surface area contributed by atoms with Gasteiger partial charge in [0.1, 0.15) is 5.75 Å². The summed E-state index contributed by atoms with van der Waals surface area (Å²) in [5.41, 5.74) is 5.66. The zero-order valence-corrected chi connectivity index (χ0v) is 24.4. The van der Waals surface area contributed by atoms with Gasteiger partial charge in [-0.05, 0) is 68.5 Å². The highest BCUT2D eigenvalue weighted by molar-refractivity contribution is 9.10. The number of nitrogens with zero attached hydrogens (tertiary/aromatic N) is 1. The molecular weight excluding hydrogens is 592 g/mol. The second-order valence-electron chi connectivity index (χ2n) is 10.4. The molecule has 2 aromatic carbocycles. The summed E-state index contributed by atoms with van der Waals surface area (Å²) in [5.74, 6) is -4.26. The average Bonchev–Trinajstić information content (AvgIpc) is 3.18. The first-order chi connectivity index (χ1) is 18.5. The zero-order valence-electron chi connectivity index (χ0n) is 22.0. The first kappa shape index (κ1) is 29.9. The fourth-order valence-electron chi connectivity index (χ4n) is 5.50. The molecule has 11 heteroatoms. The van der Waals surface area contributed by atoms with Crippen molar-refractivity contribution in [3.8, 4) is 5.75 Å². The second kappa shape index (κ2) is 12.6. The summed E-state index contributed by atoms with van der Waals surface area (Å²) in [5, 5.41) is 0. The lowest BCUT2D eigenvalue weighted by atomic mass is 9.95. The Kier molecular flexibility index (Phi) is 9.67. The first-order valence-corrected chi connectivity index (χ1v) is 15.8. The summed E-state index contributed by atoms with van der Waals surface area (Å²) < 4.78 is 67.1. The number of carbonyl (C=O) groups excluding carboxylic acids is 1. The van der Waals surface area contributed by atoms with E-state index in [0.29, 0.717) is 42.5 Å². The van der Waals surface area contributed by atoms with Crippen molar-refractivity contribution in [1.82, 2.24) is 9.62 Å². The molecule has 214 valence electrons. The second-order valence-corrected chi connectivity index (χ2v) is 13.1. The van der Waals surface area contributed by atoms with E-state index in [1.807, 2.05) is 0 Å². The predicted octanol–water partition coefficient (Wildman–Crippen LogP) is 5.33. The number of rotatable bonds is 12. The normalized spacial score (nSPS) is 22.1. The molecule has 4 rings (SSSR count). The van der Waals surface area contributed by atoms with Crippen LogP contribution in [0.15, 0.2) is 57.9 Å². The number of hydrogen-bond donors (Lipinski definition) is 2. The molecule has 2 heterocycles. The number of alkyl halides is 2. The van der Waals surface area contributed by atoms with Gasteiger partial charge in [-0.15, -0.1) is 0 Å². The number of halogens is 3. The third kappa shape index (κ3) is 6.99. The van der Waals surface area contributed by atoms with Gasteiger partial charge in [0.05, 0.1) is 11.5 Å². The van der Waals surface area contributed by atoms with Crippen LogP contribution in [0.3, 0.4) is 0 Å². The molecule has 3 atom stereocenters. The largest absolute Gasteiger partial charge is 0.494 e. The number of unbranched alkanes of at least 4 members (excludes halogenated alkanes) is 3. The lowest BCUT2D eigenvalue weighted by Crippen LogP contribution is -2.60. The standard InChI is InChI=1S/C28H36BrF2N3O4S/c1-2-3-4-5-16-38-24-12-14-25(15-13-24)39(36,37)33-26(28(30,31)19-6-8-20(29)9-7-19)27(35)34-22-10-11-23(34)18-21(32)17-22/h6-9,12-15,21-23,26,33H,2-5,10-11,16-18,32H2,1H3/t21?,22?,23?,26-/m1/s1.